The number of rotatable bonds is 8. The van der Waals surface area contributed by atoms with Crippen LogP contribution in [0.25, 0.3) is 44.5 Å². The van der Waals surface area contributed by atoms with Gasteiger partial charge < -0.3 is 0 Å². The molecule has 0 amide bonds. The van der Waals surface area contributed by atoms with Crippen molar-refractivity contribution >= 4 is 0 Å². The topological polar surface area (TPSA) is 0 Å². The first-order valence-corrected chi connectivity index (χ1v) is 25.6. The fourth-order valence-corrected chi connectivity index (χ4v) is 13.7. The van der Waals surface area contributed by atoms with E-state index in [4.69, 9.17) is 0 Å². The third kappa shape index (κ3) is 5.22. The number of fused-ring (bicyclic) bond motifs is 10. The molecule has 0 bridgehead atoms. The summed E-state index contributed by atoms with van der Waals surface area (Å²) in [4.78, 5) is 0. The molecule has 6 aliphatic rings. The molecule has 6 aliphatic carbocycles. The van der Waals surface area contributed by atoms with Crippen LogP contribution in [0.1, 0.15) is 121 Å². The summed E-state index contributed by atoms with van der Waals surface area (Å²) >= 11 is 0. The van der Waals surface area contributed by atoms with Crippen LogP contribution >= 0.6 is 0 Å². The SMILES string of the molecule is CCC(C)c1ccc2c(c1)C(c1ccc3c(c1)CC3)(c1ccc3c(c1)CC3)c1cc(-c3ccc(-c4ccc5c(c4)C(c4ccc6c(c4)CC6)(c4ccc6c(c4)CC6)c4ccccc4-5)cc3)ccc1-2. The molecule has 0 nitrogen and oxygen atoms in total. The minimum Gasteiger partial charge on any atom is -0.0648 e. The molecule has 0 N–H and O–H groups in total. The van der Waals surface area contributed by atoms with E-state index >= 15 is 0 Å². The lowest BCUT2D eigenvalue weighted by molar-refractivity contribution is 0.716. The number of hydrogen-bond donors (Lipinski definition) is 0. The summed E-state index contributed by atoms with van der Waals surface area (Å²) in [5.74, 6) is 0.491. The Bertz CT molecular complexity index is 3520. The summed E-state index contributed by atoms with van der Waals surface area (Å²) < 4.78 is 0. The standard InChI is InChI=1S/C68H54/c1-3-41(2)48-24-31-61-62-33-26-54(40-66(62)68(64(61)38-48,57-29-22-46-14-18-51(46)36-57)58-30-23-47-15-19-52(47)37-58)43-10-8-42(9-11-43)53-25-32-60-59-6-4-5-7-63(59)67(65(60)39-53,55-27-20-44-12-16-49(44)34-55)56-28-21-45-13-17-50(45)35-56/h4-11,20-41H,3,12-19H2,1-2H3. The molecular formula is C68H54. The van der Waals surface area contributed by atoms with Gasteiger partial charge in [0.05, 0.1) is 10.8 Å². The third-order valence-electron chi connectivity index (χ3n) is 18.2. The molecule has 15 rings (SSSR count). The first kappa shape index (κ1) is 39.0. The van der Waals surface area contributed by atoms with Crippen LogP contribution in [0.3, 0.4) is 0 Å². The molecule has 0 radical (unpaired) electrons. The van der Waals surface area contributed by atoms with Gasteiger partial charge in [-0.2, -0.15) is 0 Å². The maximum absolute atomic E-state index is 2.59. The Balaban J connectivity index is 0.877. The van der Waals surface area contributed by atoms with E-state index in [1.807, 2.05) is 0 Å². The van der Waals surface area contributed by atoms with Crippen molar-refractivity contribution in [1.29, 1.82) is 0 Å². The highest BCUT2D eigenvalue weighted by Gasteiger charge is 2.49. The van der Waals surface area contributed by atoms with Crippen molar-refractivity contribution in [2.45, 2.75) is 88.4 Å². The normalized spacial score (nSPS) is 16.7. The highest BCUT2D eigenvalue weighted by Crippen LogP contribution is 2.60. The van der Waals surface area contributed by atoms with Gasteiger partial charge in [-0.25, -0.2) is 0 Å². The fourth-order valence-electron chi connectivity index (χ4n) is 13.7. The molecule has 1 atom stereocenters. The summed E-state index contributed by atoms with van der Waals surface area (Å²) in [6.07, 6.45) is 10.6. The second-order valence-electron chi connectivity index (χ2n) is 21.2. The van der Waals surface area contributed by atoms with Gasteiger partial charge in [0, 0.05) is 0 Å². The Morgan fingerprint density at radius 3 is 1.07 bits per heavy atom. The van der Waals surface area contributed by atoms with Gasteiger partial charge in [0.1, 0.15) is 0 Å². The molecular weight excluding hydrogens is 817 g/mol. The maximum atomic E-state index is 2.59. The van der Waals surface area contributed by atoms with E-state index in [1.165, 1.54) is 190 Å². The van der Waals surface area contributed by atoms with Crippen LogP contribution in [-0.2, 0) is 62.2 Å². The predicted molar refractivity (Wildman–Crippen MR) is 280 cm³/mol. The van der Waals surface area contributed by atoms with Gasteiger partial charge >= 0.3 is 0 Å². The molecule has 1 unspecified atom stereocenters. The lowest BCUT2D eigenvalue weighted by Crippen LogP contribution is -2.30. The van der Waals surface area contributed by atoms with Gasteiger partial charge in [-0.3, -0.25) is 0 Å². The molecule has 0 heteroatoms. The van der Waals surface area contributed by atoms with E-state index in [1.54, 1.807) is 0 Å². The molecule has 9 aromatic rings. The van der Waals surface area contributed by atoms with Crippen molar-refractivity contribution in [2.75, 3.05) is 0 Å². The molecule has 0 aliphatic heterocycles. The Kier molecular flexibility index (Phi) is 8.18. The van der Waals surface area contributed by atoms with Gasteiger partial charge in [-0.1, -0.05) is 178 Å². The van der Waals surface area contributed by atoms with Gasteiger partial charge in [0.2, 0.25) is 0 Å². The average molecular weight is 871 g/mol. The number of benzene rings is 9. The smallest absolute Gasteiger partial charge is 0.0648 e. The highest BCUT2D eigenvalue weighted by atomic mass is 14.5. The summed E-state index contributed by atoms with van der Waals surface area (Å²) in [5.41, 5.74) is 34.5. The molecule has 0 spiro atoms. The van der Waals surface area contributed by atoms with Crippen LogP contribution in [0.15, 0.2) is 176 Å². The molecule has 326 valence electrons. The predicted octanol–water partition coefficient (Wildman–Crippen LogP) is 15.7. The Morgan fingerprint density at radius 2 is 0.676 bits per heavy atom. The van der Waals surface area contributed by atoms with E-state index < -0.39 is 5.41 Å². The summed E-state index contributed by atoms with van der Waals surface area (Å²) in [6.45, 7) is 4.71. The Morgan fingerprint density at radius 1 is 0.324 bits per heavy atom. The fraction of sp³-hybridized carbons (Fsp3) is 0.206. The van der Waals surface area contributed by atoms with Crippen molar-refractivity contribution in [3.05, 3.63) is 271 Å². The van der Waals surface area contributed by atoms with Gasteiger partial charge in [-0.05, 0) is 215 Å². The molecule has 0 fully saturated rings. The number of hydrogen-bond acceptors (Lipinski definition) is 0. The Labute approximate surface area is 401 Å². The minimum atomic E-state index is -0.409. The number of aryl methyl sites for hydroxylation is 8. The lowest BCUT2D eigenvalue weighted by atomic mass is 9.65. The van der Waals surface area contributed by atoms with Crippen molar-refractivity contribution in [2.24, 2.45) is 0 Å². The maximum Gasteiger partial charge on any atom is 0.0714 e. The van der Waals surface area contributed by atoms with Crippen LogP contribution in [0, 0.1) is 0 Å². The van der Waals surface area contributed by atoms with Crippen LogP contribution in [0.2, 0.25) is 0 Å². The first-order valence-electron chi connectivity index (χ1n) is 25.6. The molecule has 68 heavy (non-hydrogen) atoms. The van der Waals surface area contributed by atoms with Gasteiger partial charge in [0.15, 0.2) is 0 Å². The first-order chi connectivity index (χ1) is 33.5. The summed E-state index contributed by atoms with van der Waals surface area (Å²) in [7, 11) is 0. The molecule has 9 aromatic carbocycles. The quantitative estimate of drug-likeness (QED) is 0.143. The van der Waals surface area contributed by atoms with E-state index in [9.17, 15) is 0 Å². The monoisotopic (exact) mass is 870 g/mol. The van der Waals surface area contributed by atoms with Crippen LogP contribution in [0.5, 0.6) is 0 Å². The summed E-state index contributed by atoms with van der Waals surface area (Å²) in [5, 5.41) is 0. The zero-order valence-electron chi connectivity index (χ0n) is 39.2. The van der Waals surface area contributed by atoms with Crippen molar-refractivity contribution in [1.82, 2.24) is 0 Å². The zero-order valence-corrected chi connectivity index (χ0v) is 39.2. The van der Waals surface area contributed by atoms with Crippen molar-refractivity contribution in [3.8, 4) is 44.5 Å². The molecule has 0 heterocycles. The average Bonchev–Trinajstić information content (AvgIpc) is 3.80. The molecule has 0 saturated heterocycles. The van der Waals surface area contributed by atoms with E-state index in [-0.39, 0.29) is 5.41 Å². The van der Waals surface area contributed by atoms with Crippen LogP contribution in [-0.4, -0.2) is 0 Å². The van der Waals surface area contributed by atoms with Crippen molar-refractivity contribution in [3.63, 3.8) is 0 Å². The van der Waals surface area contributed by atoms with E-state index in [0.29, 0.717) is 5.92 Å². The zero-order chi connectivity index (χ0) is 44.9. The second kappa shape index (κ2) is 14.3. The van der Waals surface area contributed by atoms with Crippen LogP contribution in [0.4, 0.5) is 0 Å². The van der Waals surface area contributed by atoms with Crippen LogP contribution < -0.4 is 0 Å². The largest absolute Gasteiger partial charge is 0.0714 e. The third-order valence-corrected chi connectivity index (χ3v) is 18.2. The highest BCUT2D eigenvalue weighted by molar-refractivity contribution is 5.91. The lowest BCUT2D eigenvalue weighted by Gasteiger charge is -2.37. The molecule has 0 aromatic heterocycles. The minimum absolute atomic E-state index is 0.389. The van der Waals surface area contributed by atoms with Gasteiger partial charge in [-0.15, -0.1) is 0 Å². The van der Waals surface area contributed by atoms with E-state index in [0.717, 1.165) is 6.42 Å². The van der Waals surface area contributed by atoms with Gasteiger partial charge in [0.25, 0.3) is 0 Å². The molecule has 0 saturated carbocycles. The summed E-state index contributed by atoms with van der Waals surface area (Å²) in [6, 6.07) is 70.7. The second-order valence-corrected chi connectivity index (χ2v) is 21.2. The Hall–Kier alpha value is -7.02. The van der Waals surface area contributed by atoms with Crippen molar-refractivity contribution < 1.29 is 0 Å². The van der Waals surface area contributed by atoms with E-state index in [2.05, 4.69) is 190 Å².